The number of carbonyl (C=O) groups excluding carboxylic acids is 1. The molecule has 20 heavy (non-hydrogen) atoms. The van der Waals surface area contributed by atoms with E-state index in [0.29, 0.717) is 32.0 Å². The normalized spacial score (nSPS) is 12.4. The Hall–Kier alpha value is -1.39. The number of benzene rings is 1. The van der Waals surface area contributed by atoms with Gasteiger partial charge < -0.3 is 15.4 Å². The summed E-state index contributed by atoms with van der Waals surface area (Å²) in [5.41, 5.74) is 7.15. The fourth-order valence-electron chi connectivity index (χ4n) is 2.12. The van der Waals surface area contributed by atoms with Crippen LogP contribution < -0.4 is 5.73 Å². The van der Waals surface area contributed by atoms with Gasteiger partial charge >= 0.3 is 0 Å². The van der Waals surface area contributed by atoms with E-state index >= 15 is 0 Å². The minimum atomic E-state index is -0.493. The van der Waals surface area contributed by atoms with Crippen molar-refractivity contribution < 1.29 is 9.53 Å². The third-order valence-corrected chi connectivity index (χ3v) is 3.08. The highest BCUT2D eigenvalue weighted by Gasteiger charge is 2.21. The Kier molecular flexibility index (Phi) is 7.26. The summed E-state index contributed by atoms with van der Waals surface area (Å²) in [6, 6.07) is 9.38. The molecule has 2 N–H and O–H groups in total. The Morgan fingerprint density at radius 1 is 1.30 bits per heavy atom. The van der Waals surface area contributed by atoms with Gasteiger partial charge in [0.2, 0.25) is 5.91 Å². The lowest BCUT2D eigenvalue weighted by Crippen LogP contribution is -2.47. The van der Waals surface area contributed by atoms with Gasteiger partial charge in [0, 0.05) is 20.2 Å². The highest BCUT2D eigenvalue weighted by molar-refractivity contribution is 5.82. The number of methoxy groups -OCH3 is 1. The minimum Gasteiger partial charge on any atom is -0.383 e. The molecule has 4 nitrogen and oxygen atoms in total. The molecule has 1 aromatic carbocycles. The molecule has 0 heterocycles. The van der Waals surface area contributed by atoms with E-state index in [9.17, 15) is 4.79 Å². The number of carbonyl (C=O) groups is 1. The van der Waals surface area contributed by atoms with Crippen LogP contribution in [0.4, 0.5) is 0 Å². The zero-order valence-corrected chi connectivity index (χ0v) is 12.7. The summed E-state index contributed by atoms with van der Waals surface area (Å²) in [5.74, 6) is 0.416. The topological polar surface area (TPSA) is 55.6 Å². The fourth-order valence-corrected chi connectivity index (χ4v) is 2.12. The summed E-state index contributed by atoms with van der Waals surface area (Å²) in [7, 11) is 1.64. The lowest BCUT2D eigenvalue weighted by Gasteiger charge is -2.27. The molecule has 0 radical (unpaired) electrons. The van der Waals surface area contributed by atoms with Gasteiger partial charge in [-0.05, 0) is 17.9 Å². The van der Waals surface area contributed by atoms with Crippen LogP contribution in [0.5, 0.6) is 0 Å². The van der Waals surface area contributed by atoms with E-state index in [0.717, 1.165) is 5.56 Å². The maximum Gasteiger partial charge on any atom is 0.239 e. The monoisotopic (exact) mass is 278 g/mol. The Morgan fingerprint density at radius 3 is 2.50 bits per heavy atom. The van der Waals surface area contributed by atoms with Gasteiger partial charge in [0.1, 0.15) is 0 Å². The molecule has 1 amide bonds. The fraction of sp³-hybridized carbons (Fsp3) is 0.562. The molecule has 0 aliphatic heterocycles. The first-order valence-electron chi connectivity index (χ1n) is 7.11. The van der Waals surface area contributed by atoms with Crippen molar-refractivity contribution in [1.29, 1.82) is 0 Å². The number of hydrogen-bond acceptors (Lipinski definition) is 3. The number of rotatable bonds is 8. The molecule has 0 spiro atoms. The molecule has 0 saturated heterocycles. The van der Waals surface area contributed by atoms with Gasteiger partial charge in [-0.25, -0.2) is 0 Å². The van der Waals surface area contributed by atoms with Crippen molar-refractivity contribution in [2.24, 2.45) is 11.7 Å². The molecule has 0 unspecified atom stereocenters. The van der Waals surface area contributed by atoms with Crippen molar-refractivity contribution in [2.75, 3.05) is 26.8 Å². The van der Waals surface area contributed by atoms with E-state index in [2.05, 4.69) is 13.8 Å². The molecule has 0 aliphatic carbocycles. The summed E-state index contributed by atoms with van der Waals surface area (Å²) in [6.07, 6.45) is 0.571. The van der Waals surface area contributed by atoms with Crippen LogP contribution in [0.15, 0.2) is 30.3 Å². The average Bonchev–Trinajstić information content (AvgIpc) is 2.43. The van der Waals surface area contributed by atoms with Gasteiger partial charge in [-0.3, -0.25) is 4.79 Å². The smallest absolute Gasteiger partial charge is 0.239 e. The molecule has 4 heteroatoms. The zero-order valence-electron chi connectivity index (χ0n) is 12.7. The first-order valence-corrected chi connectivity index (χ1v) is 7.11. The van der Waals surface area contributed by atoms with E-state index in [4.69, 9.17) is 10.5 Å². The Balaban J connectivity index is 2.62. The summed E-state index contributed by atoms with van der Waals surface area (Å²) in [4.78, 5) is 14.2. The third kappa shape index (κ3) is 5.72. The third-order valence-electron chi connectivity index (χ3n) is 3.08. The molecule has 0 aromatic heterocycles. The SMILES string of the molecule is COCCN(CC(C)C)C(=O)[C@H](N)Cc1ccccc1. The van der Waals surface area contributed by atoms with Crippen LogP contribution in [0.3, 0.4) is 0 Å². The first-order chi connectivity index (χ1) is 9.54. The Bertz CT molecular complexity index is 393. The molecule has 1 rings (SSSR count). The van der Waals surface area contributed by atoms with Gasteiger partial charge in [0.05, 0.1) is 12.6 Å². The van der Waals surface area contributed by atoms with Crippen LogP contribution in [-0.2, 0) is 16.0 Å². The molecule has 1 atom stereocenters. The number of amides is 1. The predicted molar refractivity (Wildman–Crippen MR) is 81.4 cm³/mol. The van der Waals surface area contributed by atoms with Crippen LogP contribution in [0.2, 0.25) is 0 Å². The van der Waals surface area contributed by atoms with Crippen LogP contribution in [0.25, 0.3) is 0 Å². The zero-order chi connectivity index (χ0) is 15.0. The van der Waals surface area contributed by atoms with Crippen molar-refractivity contribution in [2.45, 2.75) is 26.3 Å². The van der Waals surface area contributed by atoms with E-state index in [1.54, 1.807) is 7.11 Å². The standard InChI is InChI=1S/C16H26N2O2/c1-13(2)12-18(9-10-20-3)16(19)15(17)11-14-7-5-4-6-8-14/h4-8,13,15H,9-12,17H2,1-3H3/t15-/m1/s1. The van der Waals surface area contributed by atoms with E-state index in [-0.39, 0.29) is 5.91 Å². The van der Waals surface area contributed by atoms with Gasteiger partial charge in [-0.1, -0.05) is 44.2 Å². The van der Waals surface area contributed by atoms with Crippen LogP contribution in [-0.4, -0.2) is 43.7 Å². The quantitative estimate of drug-likeness (QED) is 0.787. The lowest BCUT2D eigenvalue weighted by molar-refractivity contribution is -0.133. The largest absolute Gasteiger partial charge is 0.383 e. The highest BCUT2D eigenvalue weighted by atomic mass is 16.5. The molecule has 0 bridgehead atoms. The molecule has 0 saturated carbocycles. The van der Waals surface area contributed by atoms with E-state index in [1.807, 2.05) is 35.2 Å². The maximum atomic E-state index is 12.4. The van der Waals surface area contributed by atoms with Crippen LogP contribution in [0.1, 0.15) is 19.4 Å². The minimum absolute atomic E-state index is 0.000368. The lowest BCUT2D eigenvalue weighted by atomic mass is 10.0. The number of nitrogens with two attached hydrogens (primary N) is 1. The second-order valence-electron chi connectivity index (χ2n) is 5.47. The first kappa shape index (κ1) is 16.7. The summed E-state index contributed by atoms with van der Waals surface area (Å²) in [5, 5.41) is 0. The molecule has 1 aromatic rings. The molecular weight excluding hydrogens is 252 g/mol. The molecule has 0 fully saturated rings. The average molecular weight is 278 g/mol. The highest BCUT2D eigenvalue weighted by Crippen LogP contribution is 2.06. The van der Waals surface area contributed by atoms with Crippen LogP contribution in [0, 0.1) is 5.92 Å². The van der Waals surface area contributed by atoms with Crippen molar-refractivity contribution in [3.8, 4) is 0 Å². The molecule has 112 valence electrons. The van der Waals surface area contributed by atoms with E-state index in [1.165, 1.54) is 0 Å². The summed E-state index contributed by atoms with van der Waals surface area (Å²) >= 11 is 0. The van der Waals surface area contributed by atoms with Gasteiger partial charge in [0.25, 0.3) is 0 Å². The number of nitrogens with zero attached hydrogens (tertiary/aromatic N) is 1. The van der Waals surface area contributed by atoms with Crippen molar-refractivity contribution in [1.82, 2.24) is 4.90 Å². The van der Waals surface area contributed by atoms with Crippen LogP contribution >= 0.6 is 0 Å². The summed E-state index contributed by atoms with van der Waals surface area (Å²) < 4.78 is 5.07. The van der Waals surface area contributed by atoms with Gasteiger partial charge in [0.15, 0.2) is 0 Å². The number of ether oxygens (including phenoxy) is 1. The Morgan fingerprint density at radius 2 is 1.95 bits per heavy atom. The predicted octanol–water partition coefficient (Wildman–Crippen LogP) is 1.69. The van der Waals surface area contributed by atoms with Gasteiger partial charge in [-0.15, -0.1) is 0 Å². The Labute approximate surface area is 121 Å². The van der Waals surface area contributed by atoms with Crippen molar-refractivity contribution in [3.63, 3.8) is 0 Å². The molecule has 0 aliphatic rings. The van der Waals surface area contributed by atoms with E-state index < -0.39 is 6.04 Å². The van der Waals surface area contributed by atoms with Crippen molar-refractivity contribution >= 4 is 5.91 Å². The molecular formula is C16H26N2O2. The second-order valence-corrected chi connectivity index (χ2v) is 5.47. The number of hydrogen-bond donors (Lipinski definition) is 1. The summed E-state index contributed by atoms with van der Waals surface area (Å²) in [6.45, 7) is 6.03. The van der Waals surface area contributed by atoms with Gasteiger partial charge in [-0.2, -0.15) is 0 Å². The maximum absolute atomic E-state index is 12.4. The second kappa shape index (κ2) is 8.72. The van der Waals surface area contributed by atoms with Crippen molar-refractivity contribution in [3.05, 3.63) is 35.9 Å².